The molecule has 0 saturated heterocycles. The van der Waals surface area contributed by atoms with Crippen LogP contribution in [0.4, 0.5) is 8.78 Å². The van der Waals surface area contributed by atoms with Crippen LogP contribution in [0, 0.1) is 5.82 Å². The van der Waals surface area contributed by atoms with Gasteiger partial charge in [0.15, 0.2) is 0 Å². The van der Waals surface area contributed by atoms with E-state index in [9.17, 15) is 8.78 Å². The lowest BCUT2D eigenvalue weighted by molar-refractivity contribution is 0.457. The van der Waals surface area contributed by atoms with Crippen molar-refractivity contribution in [3.05, 3.63) is 34.1 Å². The van der Waals surface area contributed by atoms with Crippen LogP contribution in [-0.2, 0) is 6.54 Å². The zero-order valence-electron chi connectivity index (χ0n) is 7.69. The molecule has 0 radical (unpaired) electrons. The van der Waals surface area contributed by atoms with E-state index in [1.807, 2.05) is 0 Å². The second-order valence-corrected chi connectivity index (χ2v) is 3.87. The Balaban J connectivity index is 2.45. The van der Waals surface area contributed by atoms with Crippen LogP contribution < -0.4 is 5.32 Å². The second-order valence-electron chi connectivity index (χ2n) is 2.96. The fraction of sp³-hybridized carbons (Fsp3) is 0.400. The Bertz CT molecular complexity index is 291. The fourth-order valence-corrected chi connectivity index (χ4v) is 1.50. The molecule has 0 aliphatic heterocycles. The van der Waals surface area contributed by atoms with Gasteiger partial charge in [-0.3, -0.25) is 4.39 Å². The van der Waals surface area contributed by atoms with Crippen LogP contribution in [0.5, 0.6) is 0 Å². The van der Waals surface area contributed by atoms with Crippen LogP contribution in [0.15, 0.2) is 22.7 Å². The number of hydrogen-bond acceptors (Lipinski definition) is 1. The third-order valence-electron chi connectivity index (χ3n) is 1.81. The lowest BCUT2D eigenvalue weighted by Crippen LogP contribution is -2.16. The quantitative estimate of drug-likeness (QED) is 0.806. The topological polar surface area (TPSA) is 12.0 Å². The fourth-order valence-electron chi connectivity index (χ4n) is 1.09. The molecule has 0 aliphatic rings. The van der Waals surface area contributed by atoms with Crippen LogP contribution >= 0.6 is 15.9 Å². The molecule has 1 aromatic carbocycles. The standard InChI is InChI=1S/C10H12BrF2N/c11-9-2-3-10(13)8(6-9)7-14-5-1-4-12/h2-3,6,14H,1,4-5,7H2. The summed E-state index contributed by atoms with van der Waals surface area (Å²) in [6, 6.07) is 4.79. The van der Waals surface area contributed by atoms with E-state index in [0.717, 1.165) is 4.47 Å². The van der Waals surface area contributed by atoms with E-state index >= 15 is 0 Å². The van der Waals surface area contributed by atoms with E-state index in [1.165, 1.54) is 6.07 Å². The summed E-state index contributed by atoms with van der Waals surface area (Å²) in [7, 11) is 0. The average molecular weight is 264 g/mol. The maximum absolute atomic E-state index is 13.1. The summed E-state index contributed by atoms with van der Waals surface area (Å²) in [5.74, 6) is -0.235. The Morgan fingerprint density at radius 1 is 1.36 bits per heavy atom. The van der Waals surface area contributed by atoms with E-state index in [1.54, 1.807) is 12.1 Å². The normalized spacial score (nSPS) is 10.5. The molecule has 1 nitrogen and oxygen atoms in total. The maximum Gasteiger partial charge on any atom is 0.127 e. The smallest absolute Gasteiger partial charge is 0.127 e. The van der Waals surface area contributed by atoms with E-state index in [2.05, 4.69) is 21.2 Å². The average Bonchev–Trinajstić information content (AvgIpc) is 2.18. The van der Waals surface area contributed by atoms with Crippen molar-refractivity contribution in [2.45, 2.75) is 13.0 Å². The van der Waals surface area contributed by atoms with E-state index in [-0.39, 0.29) is 12.5 Å². The predicted molar refractivity (Wildman–Crippen MR) is 56.4 cm³/mol. The highest BCUT2D eigenvalue weighted by Crippen LogP contribution is 2.15. The molecule has 1 N–H and O–H groups in total. The molecule has 0 aliphatic carbocycles. The van der Waals surface area contributed by atoms with Gasteiger partial charge in [-0.15, -0.1) is 0 Å². The number of benzene rings is 1. The number of hydrogen-bond donors (Lipinski definition) is 1. The largest absolute Gasteiger partial charge is 0.312 e. The molecular weight excluding hydrogens is 252 g/mol. The summed E-state index contributed by atoms with van der Waals surface area (Å²) >= 11 is 3.26. The van der Waals surface area contributed by atoms with Gasteiger partial charge in [-0.05, 0) is 31.2 Å². The molecular formula is C10H12BrF2N. The highest BCUT2D eigenvalue weighted by Gasteiger charge is 2.01. The molecule has 0 saturated carbocycles. The lowest BCUT2D eigenvalue weighted by Gasteiger charge is -2.05. The molecule has 0 fully saturated rings. The van der Waals surface area contributed by atoms with Gasteiger partial charge in [0, 0.05) is 16.6 Å². The zero-order valence-corrected chi connectivity index (χ0v) is 9.28. The van der Waals surface area contributed by atoms with Crippen molar-refractivity contribution in [2.75, 3.05) is 13.2 Å². The number of halogens is 3. The van der Waals surface area contributed by atoms with Crippen molar-refractivity contribution in [1.82, 2.24) is 5.32 Å². The van der Waals surface area contributed by atoms with Gasteiger partial charge >= 0.3 is 0 Å². The molecule has 0 heterocycles. The first-order chi connectivity index (χ1) is 6.74. The van der Waals surface area contributed by atoms with Crippen LogP contribution in [0.3, 0.4) is 0 Å². The lowest BCUT2D eigenvalue weighted by atomic mass is 10.2. The molecule has 1 rings (SSSR count). The first kappa shape index (κ1) is 11.6. The van der Waals surface area contributed by atoms with Gasteiger partial charge in [-0.1, -0.05) is 15.9 Å². The summed E-state index contributed by atoms with van der Waals surface area (Å²) in [5.41, 5.74) is 0.596. The van der Waals surface area contributed by atoms with Gasteiger partial charge in [0.25, 0.3) is 0 Å². The second kappa shape index (κ2) is 6.09. The van der Waals surface area contributed by atoms with Crippen LogP contribution in [-0.4, -0.2) is 13.2 Å². The van der Waals surface area contributed by atoms with Crippen molar-refractivity contribution in [2.24, 2.45) is 0 Å². The Morgan fingerprint density at radius 2 is 2.14 bits per heavy atom. The third-order valence-corrected chi connectivity index (χ3v) is 2.30. The molecule has 78 valence electrons. The van der Waals surface area contributed by atoms with Gasteiger partial charge in [0.2, 0.25) is 0 Å². The molecule has 14 heavy (non-hydrogen) atoms. The van der Waals surface area contributed by atoms with Gasteiger partial charge in [0.1, 0.15) is 5.82 Å². The van der Waals surface area contributed by atoms with Gasteiger partial charge < -0.3 is 5.32 Å². The monoisotopic (exact) mass is 263 g/mol. The minimum Gasteiger partial charge on any atom is -0.312 e. The number of nitrogens with one attached hydrogen (secondary N) is 1. The minimum absolute atomic E-state index is 0.235. The molecule has 0 unspecified atom stereocenters. The van der Waals surface area contributed by atoms with Crippen LogP contribution in [0.25, 0.3) is 0 Å². The summed E-state index contributed by atoms with van der Waals surface area (Å²) in [4.78, 5) is 0. The number of alkyl halides is 1. The molecule has 1 aromatic rings. The zero-order chi connectivity index (χ0) is 10.4. The Kier molecular flexibility index (Phi) is 5.04. The summed E-state index contributed by atoms with van der Waals surface area (Å²) in [6.45, 7) is 0.668. The van der Waals surface area contributed by atoms with Gasteiger partial charge in [-0.2, -0.15) is 0 Å². The Morgan fingerprint density at radius 3 is 2.86 bits per heavy atom. The molecule has 0 spiro atoms. The first-order valence-corrected chi connectivity index (χ1v) is 5.24. The van der Waals surface area contributed by atoms with E-state index < -0.39 is 0 Å². The van der Waals surface area contributed by atoms with Gasteiger partial charge in [-0.25, -0.2) is 4.39 Å². The van der Waals surface area contributed by atoms with Crippen molar-refractivity contribution in [1.29, 1.82) is 0 Å². The summed E-state index contributed by atoms with van der Waals surface area (Å²) < 4.78 is 25.7. The summed E-state index contributed by atoms with van der Waals surface area (Å²) in [5, 5.41) is 2.97. The first-order valence-electron chi connectivity index (χ1n) is 4.44. The van der Waals surface area contributed by atoms with E-state index in [0.29, 0.717) is 25.1 Å². The molecule has 0 bridgehead atoms. The van der Waals surface area contributed by atoms with E-state index in [4.69, 9.17) is 0 Å². The molecule has 0 atom stereocenters. The Hall–Kier alpha value is -0.480. The third kappa shape index (κ3) is 3.72. The predicted octanol–water partition coefficient (Wildman–Crippen LogP) is 3.04. The van der Waals surface area contributed by atoms with Crippen molar-refractivity contribution >= 4 is 15.9 Å². The molecule has 4 heteroatoms. The molecule has 0 amide bonds. The highest BCUT2D eigenvalue weighted by molar-refractivity contribution is 9.10. The van der Waals surface area contributed by atoms with Crippen LogP contribution in [0.2, 0.25) is 0 Å². The van der Waals surface area contributed by atoms with Crippen molar-refractivity contribution < 1.29 is 8.78 Å². The minimum atomic E-state index is -0.339. The highest BCUT2D eigenvalue weighted by atomic mass is 79.9. The Labute approximate surface area is 90.6 Å². The maximum atomic E-state index is 13.1. The SMILES string of the molecule is FCCCNCc1cc(Br)ccc1F. The van der Waals surface area contributed by atoms with Crippen molar-refractivity contribution in [3.63, 3.8) is 0 Å². The van der Waals surface area contributed by atoms with Gasteiger partial charge in [0.05, 0.1) is 6.67 Å². The summed E-state index contributed by atoms with van der Waals surface area (Å²) in [6.07, 6.45) is 0.468. The molecule has 0 aromatic heterocycles. The van der Waals surface area contributed by atoms with Crippen molar-refractivity contribution in [3.8, 4) is 0 Å². The number of rotatable bonds is 5. The van der Waals surface area contributed by atoms with Crippen LogP contribution in [0.1, 0.15) is 12.0 Å².